The van der Waals surface area contributed by atoms with Crippen LogP contribution >= 0.6 is 0 Å². The van der Waals surface area contributed by atoms with Crippen LogP contribution in [0.4, 0.5) is 5.69 Å². The molecule has 0 spiro atoms. The van der Waals surface area contributed by atoms with Gasteiger partial charge in [0, 0.05) is 34.9 Å². The number of fused-ring (bicyclic) bond motifs is 2. The predicted octanol–water partition coefficient (Wildman–Crippen LogP) is 5.45. The summed E-state index contributed by atoms with van der Waals surface area (Å²) in [5, 5.41) is 12.7. The van der Waals surface area contributed by atoms with Gasteiger partial charge < -0.3 is 19.3 Å². The van der Waals surface area contributed by atoms with Gasteiger partial charge in [-0.3, -0.25) is 4.79 Å². The first kappa shape index (κ1) is 25.6. The zero-order valence-electron chi connectivity index (χ0n) is 22.2. The Hall–Kier alpha value is -4.68. The first-order valence-corrected chi connectivity index (χ1v) is 13.5. The molecule has 0 fully saturated rings. The molecule has 6 nitrogen and oxygen atoms in total. The van der Waals surface area contributed by atoms with E-state index >= 15 is 0 Å². The number of nitrogens with zero attached hydrogens (tertiary/aromatic N) is 2. The largest absolute Gasteiger partial charge is 0.464 e. The Morgan fingerprint density at radius 1 is 0.800 bits per heavy atom. The number of amides is 1. The third kappa shape index (κ3) is 4.08. The van der Waals surface area contributed by atoms with Crippen LogP contribution in [0.1, 0.15) is 29.2 Å². The van der Waals surface area contributed by atoms with Crippen molar-refractivity contribution in [1.29, 1.82) is 0 Å². The number of aromatic nitrogens is 1. The second-order valence-electron chi connectivity index (χ2n) is 10.0. The van der Waals surface area contributed by atoms with E-state index in [1.165, 1.54) is 0 Å². The monoisotopic (exact) mass is 530 g/mol. The zero-order valence-corrected chi connectivity index (χ0v) is 22.2. The van der Waals surface area contributed by atoms with E-state index in [-0.39, 0.29) is 12.5 Å². The maximum absolute atomic E-state index is 14.8. The van der Waals surface area contributed by atoms with Gasteiger partial charge in [-0.25, -0.2) is 4.79 Å². The quantitative estimate of drug-likeness (QED) is 0.271. The molecule has 4 aromatic carbocycles. The molecule has 6 heteroatoms. The van der Waals surface area contributed by atoms with Crippen LogP contribution in [0.3, 0.4) is 0 Å². The van der Waals surface area contributed by atoms with Crippen molar-refractivity contribution in [3.8, 4) is 0 Å². The van der Waals surface area contributed by atoms with Crippen LogP contribution in [0.15, 0.2) is 115 Å². The SMILES string of the molecule is CCOC(=O)[C@@H](O)[C@@]1(c2cn(Cc3ccccc3)c3ccccc23)C(=O)N(Cc2ccccc2)c2ccccc21. The van der Waals surface area contributed by atoms with Gasteiger partial charge >= 0.3 is 5.97 Å². The van der Waals surface area contributed by atoms with E-state index in [1.807, 2.05) is 103 Å². The second kappa shape index (κ2) is 10.5. The Bertz CT molecular complexity index is 1680. The molecule has 0 aliphatic carbocycles. The van der Waals surface area contributed by atoms with Crippen LogP contribution < -0.4 is 4.90 Å². The second-order valence-corrected chi connectivity index (χ2v) is 10.0. The highest BCUT2D eigenvalue weighted by molar-refractivity contribution is 6.15. The van der Waals surface area contributed by atoms with Crippen molar-refractivity contribution in [1.82, 2.24) is 4.57 Å². The summed E-state index contributed by atoms with van der Waals surface area (Å²) in [7, 11) is 0. The predicted molar refractivity (Wildman–Crippen MR) is 155 cm³/mol. The first-order chi connectivity index (χ1) is 19.6. The van der Waals surface area contributed by atoms with Crippen LogP contribution in [0.5, 0.6) is 0 Å². The van der Waals surface area contributed by atoms with Gasteiger partial charge in [-0.15, -0.1) is 0 Å². The number of para-hydroxylation sites is 2. The van der Waals surface area contributed by atoms with E-state index in [0.717, 1.165) is 22.0 Å². The number of aliphatic hydroxyl groups excluding tert-OH is 1. The number of hydrogen-bond donors (Lipinski definition) is 1. The van der Waals surface area contributed by atoms with Crippen molar-refractivity contribution >= 4 is 28.5 Å². The molecule has 1 aliphatic rings. The fourth-order valence-corrected chi connectivity index (χ4v) is 5.94. The van der Waals surface area contributed by atoms with E-state index < -0.39 is 17.5 Å². The van der Waals surface area contributed by atoms with Gasteiger partial charge in [0.25, 0.3) is 0 Å². The molecule has 200 valence electrons. The summed E-state index contributed by atoms with van der Waals surface area (Å²) in [6.45, 7) is 2.65. The minimum absolute atomic E-state index is 0.0886. The Morgan fingerprint density at radius 3 is 2.10 bits per heavy atom. The van der Waals surface area contributed by atoms with Gasteiger partial charge in [0.15, 0.2) is 6.10 Å². The lowest BCUT2D eigenvalue weighted by Crippen LogP contribution is -2.53. The number of rotatable bonds is 8. The van der Waals surface area contributed by atoms with Crippen molar-refractivity contribution in [2.75, 3.05) is 11.5 Å². The van der Waals surface area contributed by atoms with Gasteiger partial charge in [0.05, 0.1) is 13.2 Å². The molecule has 2 atom stereocenters. The number of anilines is 1. The summed E-state index contributed by atoms with van der Waals surface area (Å²) >= 11 is 0. The summed E-state index contributed by atoms with van der Waals surface area (Å²) in [5.41, 5.74) is 3.08. The van der Waals surface area contributed by atoms with Crippen LogP contribution in [-0.2, 0) is 32.8 Å². The molecule has 2 heterocycles. The Labute approximate surface area is 233 Å². The van der Waals surface area contributed by atoms with Crippen LogP contribution in [0.25, 0.3) is 10.9 Å². The summed E-state index contributed by atoms with van der Waals surface area (Å²) < 4.78 is 7.41. The molecule has 0 bridgehead atoms. The number of esters is 1. The topological polar surface area (TPSA) is 71.8 Å². The summed E-state index contributed by atoms with van der Waals surface area (Å²) in [6.07, 6.45) is 0.165. The lowest BCUT2D eigenvalue weighted by molar-refractivity contribution is -0.158. The minimum atomic E-state index is -1.75. The van der Waals surface area contributed by atoms with Crippen LogP contribution in [0, 0.1) is 0 Å². The molecule has 1 aromatic heterocycles. The first-order valence-electron chi connectivity index (χ1n) is 13.5. The summed E-state index contributed by atoms with van der Waals surface area (Å²) in [6, 6.07) is 35.0. The lowest BCUT2D eigenvalue weighted by atomic mass is 9.70. The maximum atomic E-state index is 14.8. The van der Waals surface area contributed by atoms with Crippen molar-refractivity contribution in [2.45, 2.75) is 31.5 Å². The molecule has 5 aromatic rings. The summed E-state index contributed by atoms with van der Waals surface area (Å²) in [5.74, 6) is -1.19. The van der Waals surface area contributed by atoms with Gasteiger partial charge in [-0.05, 0) is 35.7 Å². The van der Waals surface area contributed by atoms with Crippen molar-refractivity contribution in [3.05, 3.63) is 138 Å². The molecule has 0 saturated carbocycles. The standard InChI is InChI=1S/C34H30N2O4/c1-2-40-32(38)31(37)34(27-18-10-12-20-30(27)36(33(34)39)22-25-15-7-4-8-16-25)28-23-35(21-24-13-5-3-6-14-24)29-19-11-9-17-26(28)29/h3-20,23,31,37H,2,21-22H2,1H3/t31-,34-/m1/s1. The van der Waals surface area contributed by atoms with E-state index in [2.05, 4.69) is 16.7 Å². The van der Waals surface area contributed by atoms with Gasteiger partial charge in [0.1, 0.15) is 5.41 Å². The van der Waals surface area contributed by atoms with Crippen molar-refractivity contribution in [3.63, 3.8) is 0 Å². The number of benzene rings is 4. The molecule has 1 N–H and O–H groups in total. The van der Waals surface area contributed by atoms with Crippen molar-refractivity contribution in [2.24, 2.45) is 0 Å². The fraction of sp³-hybridized carbons (Fsp3) is 0.176. The van der Waals surface area contributed by atoms with E-state index in [4.69, 9.17) is 4.74 Å². The van der Waals surface area contributed by atoms with Crippen LogP contribution in [-0.4, -0.2) is 34.3 Å². The molecule has 0 saturated heterocycles. The zero-order chi connectivity index (χ0) is 27.7. The molecule has 40 heavy (non-hydrogen) atoms. The third-order valence-electron chi connectivity index (χ3n) is 7.71. The average Bonchev–Trinajstić information content (AvgIpc) is 3.47. The van der Waals surface area contributed by atoms with E-state index in [9.17, 15) is 14.7 Å². The molecular weight excluding hydrogens is 500 g/mol. The number of aliphatic hydroxyl groups is 1. The summed E-state index contributed by atoms with van der Waals surface area (Å²) in [4.78, 5) is 29.8. The average molecular weight is 531 g/mol. The van der Waals surface area contributed by atoms with Gasteiger partial charge in [0.2, 0.25) is 5.91 Å². The van der Waals surface area contributed by atoms with E-state index in [0.29, 0.717) is 29.9 Å². The minimum Gasteiger partial charge on any atom is -0.464 e. The number of ether oxygens (including phenoxy) is 1. The third-order valence-corrected chi connectivity index (χ3v) is 7.71. The molecule has 1 amide bonds. The highest BCUT2D eigenvalue weighted by atomic mass is 16.5. The number of carbonyl (C=O) groups is 2. The molecule has 6 rings (SSSR count). The molecule has 1 aliphatic heterocycles. The fourth-order valence-electron chi connectivity index (χ4n) is 5.94. The van der Waals surface area contributed by atoms with E-state index in [1.54, 1.807) is 11.8 Å². The lowest BCUT2D eigenvalue weighted by Gasteiger charge is -2.32. The smallest absolute Gasteiger partial charge is 0.336 e. The Balaban J connectivity index is 1.60. The molecule has 0 radical (unpaired) electrons. The highest BCUT2D eigenvalue weighted by Crippen LogP contribution is 2.51. The highest BCUT2D eigenvalue weighted by Gasteiger charge is 2.60. The molecular formula is C34H30N2O4. The number of carbonyl (C=O) groups excluding carboxylic acids is 2. The van der Waals surface area contributed by atoms with Gasteiger partial charge in [-0.2, -0.15) is 0 Å². The Morgan fingerprint density at radius 2 is 1.40 bits per heavy atom. The Kier molecular flexibility index (Phi) is 6.70. The molecule has 0 unspecified atom stereocenters. The maximum Gasteiger partial charge on any atom is 0.336 e. The normalized spacial score (nSPS) is 17.1. The van der Waals surface area contributed by atoms with Gasteiger partial charge in [-0.1, -0.05) is 97.1 Å². The number of hydrogen-bond acceptors (Lipinski definition) is 4. The van der Waals surface area contributed by atoms with Crippen LogP contribution in [0.2, 0.25) is 0 Å². The van der Waals surface area contributed by atoms with Crippen molar-refractivity contribution < 1.29 is 19.4 Å².